The average molecular weight is 839 g/mol. The number of halogens is 2. The molecule has 60 heavy (non-hydrogen) atoms. The van der Waals surface area contributed by atoms with Gasteiger partial charge >= 0.3 is 11.9 Å². The highest BCUT2D eigenvalue weighted by Crippen LogP contribution is 2.36. The van der Waals surface area contributed by atoms with E-state index < -0.39 is 43.1 Å². The molecular formula is C45H44ClFN4O9. The lowest BCUT2D eigenvalue weighted by atomic mass is 9.91. The molecule has 5 rings (SSSR count). The molecule has 0 bridgehead atoms. The van der Waals surface area contributed by atoms with E-state index in [0.717, 1.165) is 27.8 Å². The molecule has 1 aromatic heterocycles. The maximum absolute atomic E-state index is 15.8. The van der Waals surface area contributed by atoms with Crippen molar-refractivity contribution in [2.45, 2.75) is 52.2 Å². The second kappa shape index (κ2) is 21.1. The van der Waals surface area contributed by atoms with Crippen LogP contribution in [0, 0.1) is 25.2 Å². The van der Waals surface area contributed by atoms with E-state index in [0.29, 0.717) is 45.1 Å². The van der Waals surface area contributed by atoms with Crippen LogP contribution in [0.4, 0.5) is 4.39 Å². The Kier molecular flexibility index (Phi) is 15.7. The standard InChI is InChI=1S/C45H44ClFN4O9/c1-26-30(14-38(47)31-10-11-32(41(15-31)58-3)20-50-39(22-52)44(54)55)6-4-8-35(26)36-9-5-7-33(27(36)2)25-60-43-16-42(59-24-29-12-28(17-48)18-49-19-29)34(13-37(43)46)21-51-40(23-53)45(56)57/h4-16,18-19,39-40,50-53H,20-25H2,1-3H3,(H,54,55)(H,56,57)/b38-14-/t39-,40-/m1/s1. The van der Waals surface area contributed by atoms with Crippen molar-refractivity contribution in [2.75, 3.05) is 20.3 Å². The molecule has 0 radical (unpaired) electrons. The zero-order valence-corrected chi connectivity index (χ0v) is 33.8. The minimum atomic E-state index is -1.22. The van der Waals surface area contributed by atoms with Crippen LogP contribution in [0.25, 0.3) is 23.0 Å². The van der Waals surface area contributed by atoms with Crippen LogP contribution in [-0.4, -0.2) is 69.8 Å². The number of carboxylic acid groups (broad SMARTS) is 2. The summed E-state index contributed by atoms with van der Waals surface area (Å²) in [6.07, 6.45) is 4.45. The van der Waals surface area contributed by atoms with E-state index >= 15 is 4.39 Å². The van der Waals surface area contributed by atoms with Gasteiger partial charge in [0.25, 0.3) is 0 Å². The predicted molar refractivity (Wildman–Crippen MR) is 223 cm³/mol. The number of nitrogens with one attached hydrogen (secondary N) is 2. The highest BCUT2D eigenvalue weighted by molar-refractivity contribution is 6.32. The van der Waals surface area contributed by atoms with Crippen molar-refractivity contribution in [1.82, 2.24) is 15.6 Å². The Morgan fingerprint density at radius 1 is 0.817 bits per heavy atom. The van der Waals surface area contributed by atoms with Crippen molar-refractivity contribution in [2.24, 2.45) is 0 Å². The van der Waals surface area contributed by atoms with Gasteiger partial charge in [0.1, 0.15) is 54.4 Å². The number of methoxy groups -OCH3 is 1. The summed E-state index contributed by atoms with van der Waals surface area (Å²) in [6, 6.07) is 20.7. The summed E-state index contributed by atoms with van der Waals surface area (Å²) in [5.74, 6) is -1.92. The van der Waals surface area contributed by atoms with E-state index in [2.05, 4.69) is 15.6 Å². The predicted octanol–water partition coefficient (Wildman–Crippen LogP) is 6.59. The van der Waals surface area contributed by atoms with Gasteiger partial charge in [0.2, 0.25) is 0 Å². The molecule has 4 aromatic carbocycles. The minimum absolute atomic E-state index is 0.00282. The summed E-state index contributed by atoms with van der Waals surface area (Å²) in [6.45, 7) is 2.92. The van der Waals surface area contributed by atoms with Crippen LogP contribution >= 0.6 is 11.6 Å². The molecule has 0 saturated heterocycles. The largest absolute Gasteiger partial charge is 0.496 e. The number of aliphatic carboxylic acids is 2. The van der Waals surface area contributed by atoms with Crippen LogP contribution in [0.1, 0.15) is 50.1 Å². The number of pyridine rings is 1. The lowest BCUT2D eigenvalue weighted by molar-refractivity contribution is -0.141. The molecule has 0 unspecified atom stereocenters. The van der Waals surface area contributed by atoms with E-state index in [-0.39, 0.29) is 36.9 Å². The molecule has 6 N–H and O–H groups in total. The maximum Gasteiger partial charge on any atom is 0.323 e. The first kappa shape index (κ1) is 44.8. The number of nitriles is 1. The zero-order valence-electron chi connectivity index (χ0n) is 33.0. The average Bonchev–Trinajstić information content (AvgIpc) is 3.24. The van der Waals surface area contributed by atoms with Gasteiger partial charge in [-0.05, 0) is 71.5 Å². The van der Waals surface area contributed by atoms with Gasteiger partial charge in [-0.3, -0.25) is 25.2 Å². The molecule has 13 nitrogen and oxygen atoms in total. The third kappa shape index (κ3) is 11.2. The van der Waals surface area contributed by atoms with Gasteiger partial charge in [0.05, 0.1) is 30.9 Å². The van der Waals surface area contributed by atoms with Crippen LogP contribution in [-0.2, 0) is 35.9 Å². The van der Waals surface area contributed by atoms with Gasteiger partial charge in [0, 0.05) is 53.8 Å². The smallest absolute Gasteiger partial charge is 0.323 e. The molecule has 2 atom stereocenters. The molecule has 15 heteroatoms. The summed E-state index contributed by atoms with van der Waals surface area (Å²) < 4.78 is 33.7. The van der Waals surface area contributed by atoms with Crippen molar-refractivity contribution < 1.29 is 48.6 Å². The van der Waals surface area contributed by atoms with Gasteiger partial charge in [-0.25, -0.2) is 4.39 Å². The number of aliphatic hydroxyl groups is 2. The van der Waals surface area contributed by atoms with E-state index in [9.17, 15) is 35.3 Å². The Morgan fingerprint density at radius 2 is 1.47 bits per heavy atom. The molecule has 0 amide bonds. The number of rotatable bonds is 20. The first-order valence-electron chi connectivity index (χ1n) is 18.7. The van der Waals surface area contributed by atoms with E-state index in [1.807, 2.05) is 56.3 Å². The molecule has 1 heterocycles. The third-order valence-corrected chi connectivity index (χ3v) is 10.1. The summed E-state index contributed by atoms with van der Waals surface area (Å²) >= 11 is 6.70. The Labute approximate surface area is 351 Å². The van der Waals surface area contributed by atoms with E-state index in [4.69, 9.17) is 25.8 Å². The first-order valence-corrected chi connectivity index (χ1v) is 19.0. The van der Waals surface area contributed by atoms with Crippen molar-refractivity contribution in [3.05, 3.63) is 140 Å². The summed E-state index contributed by atoms with van der Waals surface area (Å²) in [4.78, 5) is 26.9. The molecule has 0 aliphatic heterocycles. The van der Waals surface area contributed by atoms with Gasteiger partial charge in [-0.1, -0.05) is 60.1 Å². The van der Waals surface area contributed by atoms with Crippen molar-refractivity contribution in [3.63, 3.8) is 0 Å². The summed E-state index contributed by atoms with van der Waals surface area (Å²) in [5.41, 5.74) is 7.42. The van der Waals surface area contributed by atoms with Crippen molar-refractivity contribution in [3.8, 4) is 34.4 Å². The second-order valence-electron chi connectivity index (χ2n) is 13.7. The summed E-state index contributed by atoms with van der Waals surface area (Å²) in [7, 11) is 1.44. The molecule has 0 spiro atoms. The number of carbonyl (C=O) groups is 2. The fraction of sp³-hybridized carbons (Fsp3) is 0.244. The number of nitrogens with zero attached hydrogens (tertiary/aromatic N) is 2. The quantitative estimate of drug-likeness (QED) is 0.0459. The Morgan fingerprint density at radius 3 is 2.12 bits per heavy atom. The molecular weight excluding hydrogens is 795 g/mol. The van der Waals surface area contributed by atoms with Crippen LogP contribution < -0.4 is 24.8 Å². The second-order valence-corrected chi connectivity index (χ2v) is 14.1. The molecule has 5 aromatic rings. The van der Waals surface area contributed by atoms with Crippen molar-refractivity contribution in [1.29, 1.82) is 5.26 Å². The van der Waals surface area contributed by atoms with Crippen LogP contribution in [0.2, 0.25) is 5.02 Å². The lowest BCUT2D eigenvalue weighted by Gasteiger charge is -2.19. The molecule has 312 valence electrons. The monoisotopic (exact) mass is 838 g/mol. The number of ether oxygens (including phenoxy) is 3. The minimum Gasteiger partial charge on any atom is -0.496 e. The van der Waals surface area contributed by atoms with Crippen LogP contribution in [0.15, 0.2) is 85.2 Å². The number of hydrogen-bond acceptors (Lipinski definition) is 11. The summed E-state index contributed by atoms with van der Waals surface area (Å²) in [5, 5.41) is 52.5. The normalized spacial score (nSPS) is 12.3. The molecule has 0 fully saturated rings. The fourth-order valence-corrected chi connectivity index (χ4v) is 6.56. The number of carboxylic acids is 2. The number of benzene rings is 4. The SMILES string of the molecule is COc1cc(/C(F)=C/c2cccc(-c3cccc(COc4cc(OCc5cncc(C#N)c5)c(CN[C@H](CO)C(=O)O)cc4Cl)c3C)c2C)ccc1CN[C@H](CO)C(=O)O. The molecule has 0 aliphatic rings. The topological polar surface area (TPSA) is 203 Å². The fourth-order valence-electron chi connectivity index (χ4n) is 6.32. The zero-order chi connectivity index (χ0) is 43.3. The van der Waals surface area contributed by atoms with Gasteiger partial charge in [-0.2, -0.15) is 5.26 Å². The van der Waals surface area contributed by atoms with Crippen LogP contribution in [0.5, 0.6) is 17.2 Å². The first-order chi connectivity index (χ1) is 28.9. The molecule has 0 saturated carbocycles. The van der Waals surface area contributed by atoms with Gasteiger partial charge < -0.3 is 34.6 Å². The highest BCUT2D eigenvalue weighted by atomic mass is 35.5. The highest BCUT2D eigenvalue weighted by Gasteiger charge is 2.20. The molecule has 0 aliphatic carbocycles. The van der Waals surface area contributed by atoms with Crippen molar-refractivity contribution >= 4 is 35.4 Å². The Hall–Kier alpha value is -6.34. The Bertz CT molecular complexity index is 2420. The maximum atomic E-state index is 15.8. The van der Waals surface area contributed by atoms with E-state index in [1.165, 1.54) is 25.4 Å². The lowest BCUT2D eigenvalue weighted by Crippen LogP contribution is -2.39. The third-order valence-electron chi connectivity index (χ3n) is 9.81. The number of aliphatic hydroxyl groups excluding tert-OH is 2. The van der Waals surface area contributed by atoms with Crippen LogP contribution in [0.3, 0.4) is 0 Å². The van der Waals surface area contributed by atoms with E-state index in [1.54, 1.807) is 36.5 Å². The number of aromatic nitrogens is 1. The van der Waals surface area contributed by atoms with Gasteiger partial charge in [-0.15, -0.1) is 0 Å². The number of hydrogen-bond donors (Lipinski definition) is 6. The van der Waals surface area contributed by atoms with Gasteiger partial charge in [0.15, 0.2) is 0 Å². The Balaban J connectivity index is 1.37.